The summed E-state index contributed by atoms with van der Waals surface area (Å²) < 4.78 is 26.8. The molecule has 0 bridgehead atoms. The highest BCUT2D eigenvalue weighted by molar-refractivity contribution is 7.89. The van der Waals surface area contributed by atoms with Gasteiger partial charge in [-0.15, -0.1) is 11.3 Å². The zero-order valence-electron chi connectivity index (χ0n) is 11.6. The molecule has 0 saturated carbocycles. The van der Waals surface area contributed by atoms with Crippen LogP contribution in [0.25, 0.3) is 0 Å². The van der Waals surface area contributed by atoms with Gasteiger partial charge in [-0.1, -0.05) is 13.8 Å². The second-order valence-corrected chi connectivity index (χ2v) is 8.32. The highest BCUT2D eigenvalue weighted by Gasteiger charge is 2.22. The topological polar surface area (TPSA) is 58.2 Å². The molecule has 4 nitrogen and oxygen atoms in total. The molecule has 0 fully saturated rings. The molecule has 1 heterocycles. The molecule has 104 valence electrons. The van der Waals surface area contributed by atoms with Crippen molar-refractivity contribution in [2.75, 3.05) is 0 Å². The molecule has 18 heavy (non-hydrogen) atoms. The molecule has 2 N–H and O–H groups in total. The summed E-state index contributed by atoms with van der Waals surface area (Å²) in [4.78, 5) is 1.38. The Hall–Kier alpha value is -0.430. The van der Waals surface area contributed by atoms with Crippen molar-refractivity contribution in [3.8, 4) is 0 Å². The van der Waals surface area contributed by atoms with Gasteiger partial charge in [0.2, 0.25) is 10.0 Å². The molecule has 0 atom stereocenters. The lowest BCUT2D eigenvalue weighted by atomic mass is 10.1. The fourth-order valence-corrected chi connectivity index (χ4v) is 4.01. The van der Waals surface area contributed by atoms with Crippen LogP contribution >= 0.6 is 11.3 Å². The van der Waals surface area contributed by atoms with Crippen molar-refractivity contribution in [3.05, 3.63) is 16.3 Å². The van der Waals surface area contributed by atoms with Crippen LogP contribution in [0.15, 0.2) is 16.3 Å². The van der Waals surface area contributed by atoms with E-state index in [1.165, 1.54) is 11.3 Å². The molecule has 0 unspecified atom stereocenters. The number of thiophene rings is 1. The van der Waals surface area contributed by atoms with Gasteiger partial charge in [0, 0.05) is 28.4 Å². The maximum Gasteiger partial charge on any atom is 0.241 e. The quantitative estimate of drug-likeness (QED) is 0.875. The zero-order chi connectivity index (χ0) is 14.0. The zero-order valence-corrected chi connectivity index (χ0v) is 13.2. The van der Waals surface area contributed by atoms with Crippen LogP contribution in [0, 0.1) is 0 Å². The number of hydrogen-bond acceptors (Lipinski definition) is 4. The smallest absolute Gasteiger partial charge is 0.241 e. The van der Waals surface area contributed by atoms with Crippen LogP contribution in [0.1, 0.15) is 39.5 Å². The Kier molecular flexibility index (Phi) is 4.94. The summed E-state index contributed by atoms with van der Waals surface area (Å²) >= 11 is 1.46. The maximum absolute atomic E-state index is 12.1. The number of nitrogens with one attached hydrogen (secondary N) is 2. The molecule has 0 aromatic carbocycles. The summed E-state index contributed by atoms with van der Waals surface area (Å²) in [6, 6.07) is 2.12. The van der Waals surface area contributed by atoms with E-state index in [4.69, 9.17) is 0 Å². The van der Waals surface area contributed by atoms with E-state index in [1.54, 1.807) is 11.4 Å². The summed E-state index contributed by atoms with van der Waals surface area (Å²) in [7, 11) is -3.40. The molecule has 1 aromatic rings. The van der Waals surface area contributed by atoms with Gasteiger partial charge in [-0.05, 0) is 26.8 Å². The third-order valence-electron chi connectivity index (χ3n) is 2.07. The van der Waals surface area contributed by atoms with Gasteiger partial charge in [0.1, 0.15) is 0 Å². The largest absolute Gasteiger partial charge is 0.310 e. The molecule has 0 radical (unpaired) electrons. The van der Waals surface area contributed by atoms with Crippen LogP contribution in [0.3, 0.4) is 0 Å². The molecule has 0 spiro atoms. The number of hydrogen-bond donors (Lipinski definition) is 2. The Morgan fingerprint density at radius 1 is 1.33 bits per heavy atom. The van der Waals surface area contributed by atoms with Gasteiger partial charge >= 0.3 is 0 Å². The minimum atomic E-state index is -3.40. The summed E-state index contributed by atoms with van der Waals surface area (Å²) in [6.45, 7) is 10.3. The molecule has 1 aromatic heterocycles. The van der Waals surface area contributed by atoms with E-state index < -0.39 is 15.6 Å². The normalized spacial score (nSPS) is 13.2. The van der Waals surface area contributed by atoms with Crippen LogP contribution in [-0.2, 0) is 16.6 Å². The Labute approximate surface area is 114 Å². The van der Waals surface area contributed by atoms with Gasteiger partial charge in [-0.2, -0.15) is 0 Å². The first kappa shape index (κ1) is 15.6. The van der Waals surface area contributed by atoms with E-state index in [2.05, 4.69) is 23.9 Å². The summed E-state index contributed by atoms with van der Waals surface area (Å²) in [6.07, 6.45) is 0. The highest BCUT2D eigenvalue weighted by Crippen LogP contribution is 2.20. The Morgan fingerprint density at radius 3 is 2.44 bits per heavy atom. The fraction of sp³-hybridized carbons (Fsp3) is 0.667. The van der Waals surface area contributed by atoms with Gasteiger partial charge < -0.3 is 5.32 Å². The van der Waals surface area contributed by atoms with Crippen LogP contribution in [-0.4, -0.2) is 20.0 Å². The number of rotatable bonds is 5. The van der Waals surface area contributed by atoms with Gasteiger partial charge in [0.25, 0.3) is 0 Å². The van der Waals surface area contributed by atoms with Gasteiger partial charge in [-0.3, -0.25) is 0 Å². The fourth-order valence-electron chi connectivity index (χ4n) is 1.36. The molecule has 0 amide bonds. The highest BCUT2D eigenvalue weighted by atomic mass is 32.2. The van der Waals surface area contributed by atoms with Crippen molar-refractivity contribution in [3.63, 3.8) is 0 Å². The Morgan fingerprint density at radius 2 is 1.94 bits per heavy atom. The van der Waals surface area contributed by atoms with E-state index >= 15 is 0 Å². The third kappa shape index (κ3) is 5.06. The minimum absolute atomic E-state index is 0.350. The van der Waals surface area contributed by atoms with Crippen molar-refractivity contribution < 1.29 is 8.42 Å². The summed E-state index contributed by atoms with van der Waals surface area (Å²) in [5.74, 6) is 0. The summed E-state index contributed by atoms with van der Waals surface area (Å²) in [5, 5.41) is 4.96. The first-order valence-electron chi connectivity index (χ1n) is 5.95. The van der Waals surface area contributed by atoms with Crippen LogP contribution in [0.4, 0.5) is 0 Å². The van der Waals surface area contributed by atoms with E-state index in [0.717, 1.165) is 4.88 Å². The Bertz CT molecular complexity index is 484. The van der Waals surface area contributed by atoms with E-state index in [-0.39, 0.29) is 0 Å². The second kappa shape index (κ2) is 5.69. The first-order valence-corrected chi connectivity index (χ1v) is 8.31. The van der Waals surface area contributed by atoms with Crippen molar-refractivity contribution in [1.29, 1.82) is 0 Å². The lowest BCUT2D eigenvalue weighted by Crippen LogP contribution is -2.40. The molecular formula is C12H22N2O2S2. The van der Waals surface area contributed by atoms with Crippen LogP contribution in [0.2, 0.25) is 0 Å². The minimum Gasteiger partial charge on any atom is -0.310 e. The predicted octanol–water partition coefficient (Wildman–Crippen LogP) is 2.32. The second-order valence-electron chi connectivity index (χ2n) is 5.64. The monoisotopic (exact) mass is 290 g/mol. The van der Waals surface area contributed by atoms with Crippen molar-refractivity contribution in [2.45, 2.75) is 57.6 Å². The molecule has 0 aliphatic rings. The lowest BCUT2D eigenvalue weighted by Gasteiger charge is -2.19. The van der Waals surface area contributed by atoms with Gasteiger partial charge in [0.05, 0.1) is 4.90 Å². The molecule has 0 aliphatic heterocycles. The Balaban J connectivity index is 2.79. The average Bonchev–Trinajstić information content (AvgIpc) is 2.59. The third-order valence-corrected chi connectivity index (χ3v) is 4.89. The SMILES string of the molecule is CC(C)NCc1cc(S(=O)(=O)NC(C)(C)C)cs1. The van der Waals surface area contributed by atoms with Crippen molar-refractivity contribution >= 4 is 21.4 Å². The van der Waals surface area contributed by atoms with Gasteiger partial charge in [0.15, 0.2) is 0 Å². The molecular weight excluding hydrogens is 268 g/mol. The summed E-state index contributed by atoms with van der Waals surface area (Å²) in [5.41, 5.74) is -0.461. The predicted molar refractivity (Wildman–Crippen MR) is 76.4 cm³/mol. The maximum atomic E-state index is 12.1. The first-order chi connectivity index (χ1) is 8.10. The average molecular weight is 290 g/mol. The van der Waals surface area contributed by atoms with Crippen LogP contribution in [0.5, 0.6) is 0 Å². The van der Waals surface area contributed by atoms with Crippen LogP contribution < -0.4 is 10.0 Å². The van der Waals surface area contributed by atoms with Crippen molar-refractivity contribution in [2.24, 2.45) is 0 Å². The van der Waals surface area contributed by atoms with E-state index in [1.807, 2.05) is 20.8 Å². The van der Waals surface area contributed by atoms with E-state index in [0.29, 0.717) is 17.5 Å². The number of sulfonamides is 1. The van der Waals surface area contributed by atoms with E-state index in [9.17, 15) is 8.42 Å². The molecule has 0 aliphatic carbocycles. The van der Waals surface area contributed by atoms with Gasteiger partial charge in [-0.25, -0.2) is 13.1 Å². The standard InChI is InChI=1S/C12H22N2O2S2/c1-9(2)13-7-10-6-11(8-17-10)18(15,16)14-12(3,4)5/h6,8-9,13-14H,7H2,1-5H3. The molecule has 0 saturated heterocycles. The van der Waals surface area contributed by atoms with Crippen molar-refractivity contribution in [1.82, 2.24) is 10.0 Å². The molecule has 6 heteroatoms. The molecule has 1 rings (SSSR count). The lowest BCUT2D eigenvalue weighted by molar-refractivity contribution is 0.491.